The second-order valence-corrected chi connectivity index (χ2v) is 8.81. The van der Waals surface area contributed by atoms with E-state index in [9.17, 15) is 9.59 Å². The van der Waals surface area contributed by atoms with E-state index in [2.05, 4.69) is 27.9 Å². The first-order chi connectivity index (χ1) is 10.9. The molecular formula is C18H26INO4. The fourth-order valence-electron chi connectivity index (χ4n) is 1.87. The van der Waals surface area contributed by atoms with Gasteiger partial charge in [0.25, 0.3) is 0 Å². The summed E-state index contributed by atoms with van der Waals surface area (Å²) in [6.45, 7) is 10.7. The fourth-order valence-corrected chi connectivity index (χ4v) is 2.23. The van der Waals surface area contributed by atoms with Gasteiger partial charge in [-0.15, -0.1) is 0 Å². The molecule has 0 aliphatic carbocycles. The number of benzene rings is 1. The molecular weight excluding hydrogens is 421 g/mol. The molecule has 0 heterocycles. The highest BCUT2D eigenvalue weighted by Gasteiger charge is 2.28. The monoisotopic (exact) mass is 447 g/mol. The summed E-state index contributed by atoms with van der Waals surface area (Å²) in [6.07, 6.45) is -0.297. The number of rotatable bonds is 4. The highest BCUT2D eigenvalue weighted by molar-refractivity contribution is 14.1. The van der Waals surface area contributed by atoms with E-state index in [0.29, 0.717) is 6.42 Å². The van der Waals surface area contributed by atoms with E-state index in [-0.39, 0.29) is 0 Å². The Morgan fingerprint density at radius 1 is 1.00 bits per heavy atom. The highest BCUT2D eigenvalue weighted by atomic mass is 127. The van der Waals surface area contributed by atoms with Crippen LogP contribution in [0.5, 0.6) is 0 Å². The Hall–Kier alpha value is -1.31. The molecule has 0 spiro atoms. The maximum atomic E-state index is 12.4. The van der Waals surface area contributed by atoms with Crippen LogP contribution < -0.4 is 5.32 Å². The van der Waals surface area contributed by atoms with Crippen molar-refractivity contribution < 1.29 is 19.1 Å². The van der Waals surface area contributed by atoms with Gasteiger partial charge in [0, 0.05) is 9.99 Å². The van der Waals surface area contributed by atoms with Crippen molar-refractivity contribution in [1.82, 2.24) is 5.32 Å². The quantitative estimate of drug-likeness (QED) is 0.559. The number of nitrogens with one attached hydrogen (secondary N) is 1. The van der Waals surface area contributed by atoms with Crippen LogP contribution in [-0.4, -0.2) is 29.3 Å². The molecule has 134 valence electrons. The molecule has 0 aliphatic heterocycles. The van der Waals surface area contributed by atoms with Gasteiger partial charge in [0.1, 0.15) is 17.2 Å². The molecule has 0 aromatic heterocycles. The van der Waals surface area contributed by atoms with Crippen molar-refractivity contribution in [2.75, 3.05) is 0 Å². The molecule has 0 fully saturated rings. The molecule has 0 aliphatic rings. The predicted octanol–water partition coefficient (Wildman–Crippen LogP) is 4.07. The van der Waals surface area contributed by atoms with Gasteiger partial charge in [-0.2, -0.15) is 0 Å². The number of hydrogen-bond acceptors (Lipinski definition) is 4. The lowest BCUT2D eigenvalue weighted by molar-refractivity contribution is -0.157. The maximum absolute atomic E-state index is 12.4. The zero-order chi connectivity index (χ0) is 18.5. The third kappa shape index (κ3) is 8.52. The first kappa shape index (κ1) is 20.7. The first-order valence-corrected chi connectivity index (χ1v) is 8.90. The molecule has 0 radical (unpaired) electrons. The number of alkyl carbamates (subject to hydrolysis) is 1. The third-order valence-corrected chi connectivity index (χ3v) is 3.45. The van der Waals surface area contributed by atoms with E-state index in [1.54, 1.807) is 41.5 Å². The van der Waals surface area contributed by atoms with Crippen LogP contribution >= 0.6 is 22.6 Å². The van der Waals surface area contributed by atoms with Gasteiger partial charge in [-0.1, -0.05) is 12.1 Å². The molecule has 1 rings (SSSR count). The zero-order valence-corrected chi connectivity index (χ0v) is 17.3. The van der Waals surface area contributed by atoms with Gasteiger partial charge in [0.05, 0.1) is 0 Å². The average Bonchev–Trinajstić information content (AvgIpc) is 2.36. The maximum Gasteiger partial charge on any atom is 0.408 e. The molecule has 1 N–H and O–H groups in total. The third-order valence-electron chi connectivity index (χ3n) is 2.74. The SMILES string of the molecule is CC(C)(C)OC(=O)N[C@@H](Cc1ccc(I)cc1)C(=O)OC(C)(C)C. The Balaban J connectivity index is 2.88. The van der Waals surface area contributed by atoms with Gasteiger partial charge >= 0.3 is 12.1 Å². The largest absolute Gasteiger partial charge is 0.458 e. The summed E-state index contributed by atoms with van der Waals surface area (Å²) in [4.78, 5) is 24.5. The fraction of sp³-hybridized carbons (Fsp3) is 0.556. The molecule has 24 heavy (non-hydrogen) atoms. The minimum atomic E-state index is -0.806. The number of carbonyl (C=O) groups excluding carboxylic acids is 2. The predicted molar refractivity (Wildman–Crippen MR) is 102 cm³/mol. The molecule has 1 atom stereocenters. The van der Waals surface area contributed by atoms with Crippen LogP contribution in [0, 0.1) is 3.57 Å². The molecule has 1 amide bonds. The van der Waals surface area contributed by atoms with Crippen molar-refractivity contribution in [2.24, 2.45) is 0 Å². The van der Waals surface area contributed by atoms with Crippen molar-refractivity contribution in [2.45, 2.75) is 65.2 Å². The van der Waals surface area contributed by atoms with Gasteiger partial charge in [0.2, 0.25) is 0 Å². The van der Waals surface area contributed by atoms with Crippen molar-refractivity contribution in [1.29, 1.82) is 0 Å². The van der Waals surface area contributed by atoms with E-state index in [0.717, 1.165) is 9.13 Å². The number of esters is 1. The second-order valence-electron chi connectivity index (χ2n) is 7.56. The van der Waals surface area contributed by atoms with Crippen LogP contribution in [0.3, 0.4) is 0 Å². The van der Waals surface area contributed by atoms with E-state index in [1.807, 2.05) is 24.3 Å². The van der Waals surface area contributed by atoms with Crippen LogP contribution in [0.15, 0.2) is 24.3 Å². The highest BCUT2D eigenvalue weighted by Crippen LogP contribution is 2.14. The number of halogens is 1. The lowest BCUT2D eigenvalue weighted by Crippen LogP contribution is -2.47. The molecule has 1 aromatic rings. The van der Waals surface area contributed by atoms with Crippen molar-refractivity contribution in [3.05, 3.63) is 33.4 Å². The van der Waals surface area contributed by atoms with Gasteiger partial charge in [-0.3, -0.25) is 0 Å². The van der Waals surface area contributed by atoms with E-state index in [1.165, 1.54) is 0 Å². The zero-order valence-electron chi connectivity index (χ0n) is 15.1. The number of hydrogen-bond donors (Lipinski definition) is 1. The van der Waals surface area contributed by atoms with Crippen LogP contribution in [0.1, 0.15) is 47.1 Å². The molecule has 6 heteroatoms. The molecule has 1 aromatic carbocycles. The molecule has 0 unspecified atom stereocenters. The van der Waals surface area contributed by atoms with Crippen LogP contribution in [0.2, 0.25) is 0 Å². The summed E-state index contributed by atoms with van der Waals surface area (Å²) >= 11 is 2.21. The average molecular weight is 447 g/mol. The first-order valence-electron chi connectivity index (χ1n) is 7.82. The topological polar surface area (TPSA) is 64.6 Å². The van der Waals surface area contributed by atoms with Crippen molar-refractivity contribution in [3.63, 3.8) is 0 Å². The molecule has 0 bridgehead atoms. The smallest absolute Gasteiger partial charge is 0.408 e. The molecule has 0 saturated carbocycles. The Bertz CT molecular complexity index is 570. The second kappa shape index (κ2) is 8.18. The lowest BCUT2D eigenvalue weighted by Gasteiger charge is -2.26. The van der Waals surface area contributed by atoms with Crippen LogP contribution in [-0.2, 0) is 20.7 Å². The van der Waals surface area contributed by atoms with Gasteiger partial charge in [0.15, 0.2) is 0 Å². The molecule has 5 nitrogen and oxygen atoms in total. The lowest BCUT2D eigenvalue weighted by atomic mass is 10.1. The number of carbonyl (C=O) groups is 2. The number of amides is 1. The van der Waals surface area contributed by atoms with Crippen molar-refractivity contribution in [3.8, 4) is 0 Å². The van der Waals surface area contributed by atoms with Crippen LogP contribution in [0.4, 0.5) is 4.79 Å². The van der Waals surface area contributed by atoms with E-state index in [4.69, 9.17) is 9.47 Å². The summed E-state index contributed by atoms with van der Waals surface area (Å²) in [7, 11) is 0. The van der Waals surface area contributed by atoms with Gasteiger partial charge < -0.3 is 14.8 Å². The minimum absolute atomic E-state index is 0.338. The van der Waals surface area contributed by atoms with Gasteiger partial charge in [-0.05, 0) is 81.8 Å². The Labute approximate surface area is 157 Å². The Morgan fingerprint density at radius 2 is 1.50 bits per heavy atom. The van der Waals surface area contributed by atoms with Gasteiger partial charge in [-0.25, -0.2) is 9.59 Å². The molecule has 0 saturated heterocycles. The summed E-state index contributed by atoms with van der Waals surface area (Å²) in [5.41, 5.74) is -0.329. The van der Waals surface area contributed by atoms with E-state index >= 15 is 0 Å². The summed E-state index contributed by atoms with van der Waals surface area (Å²) < 4.78 is 11.8. The normalized spacial score (nSPS) is 13.1. The minimum Gasteiger partial charge on any atom is -0.458 e. The Morgan fingerprint density at radius 3 is 1.96 bits per heavy atom. The van der Waals surface area contributed by atoms with Crippen molar-refractivity contribution >= 4 is 34.7 Å². The summed E-state index contributed by atoms with van der Waals surface area (Å²) in [5.74, 6) is -0.480. The van der Waals surface area contributed by atoms with E-state index < -0.39 is 29.3 Å². The Kier molecular flexibility index (Phi) is 7.07. The number of ether oxygens (including phenoxy) is 2. The standard InChI is InChI=1S/C18H26INO4/c1-17(2,3)23-15(21)14(20-16(22)24-18(4,5)6)11-12-7-9-13(19)10-8-12/h7-10,14H,11H2,1-6H3,(H,20,22)/t14-/m0/s1. The van der Waals surface area contributed by atoms with Crippen LogP contribution in [0.25, 0.3) is 0 Å². The summed E-state index contributed by atoms with van der Waals surface area (Å²) in [6, 6.07) is 6.95. The summed E-state index contributed by atoms with van der Waals surface area (Å²) in [5, 5.41) is 2.62.